The first kappa shape index (κ1) is 28.0. The molecule has 0 bridgehead atoms. The molecule has 1 aliphatic carbocycles. The van der Waals surface area contributed by atoms with E-state index in [0.29, 0.717) is 48.7 Å². The molecule has 0 spiro atoms. The van der Waals surface area contributed by atoms with Gasteiger partial charge in [0.2, 0.25) is 0 Å². The van der Waals surface area contributed by atoms with Crippen LogP contribution in [0.1, 0.15) is 37.7 Å². The molecule has 1 N–H and O–H groups in total. The van der Waals surface area contributed by atoms with Crippen LogP contribution in [0.4, 0.5) is 10.9 Å². The zero-order valence-corrected chi connectivity index (χ0v) is 24.6. The number of rotatable bonds is 11. The van der Waals surface area contributed by atoms with Crippen LogP contribution < -0.4 is 10.2 Å². The van der Waals surface area contributed by atoms with E-state index in [2.05, 4.69) is 25.3 Å². The van der Waals surface area contributed by atoms with E-state index >= 15 is 0 Å². The average molecular weight is 599 g/mol. The number of likely N-dealkylation sites (N-methyl/N-ethyl adjacent to an activating group) is 1. The number of aromatic nitrogens is 2. The van der Waals surface area contributed by atoms with E-state index in [0.717, 1.165) is 36.8 Å². The molecule has 3 aliphatic rings. The van der Waals surface area contributed by atoms with Gasteiger partial charge in [-0.05, 0) is 63.0 Å². The Kier molecular flexibility index (Phi) is 8.20. The Hall–Kier alpha value is -3.13. The van der Waals surface area contributed by atoms with E-state index in [4.69, 9.17) is 14.6 Å². The number of carbonyl (C=O) groups excluding carboxylic acids is 1. The second-order valence-electron chi connectivity index (χ2n) is 10.7. The van der Waals surface area contributed by atoms with Crippen molar-refractivity contribution in [2.45, 2.75) is 48.4 Å². The first-order valence-electron chi connectivity index (χ1n) is 14.0. The highest BCUT2D eigenvalue weighted by Gasteiger charge is 2.37. The van der Waals surface area contributed by atoms with E-state index in [9.17, 15) is 13.2 Å². The summed E-state index contributed by atoms with van der Waals surface area (Å²) in [7, 11) is -1.31. The number of nitrogens with one attached hydrogen (secondary N) is 1. The molecule has 1 amide bonds. The maximum Gasteiger partial charge on any atom is 0.280 e. The van der Waals surface area contributed by atoms with Gasteiger partial charge < -0.3 is 19.4 Å². The number of fused-ring (bicyclic) bond motifs is 1. The maximum absolute atomic E-state index is 13.4. The Balaban J connectivity index is 1.18. The lowest BCUT2D eigenvalue weighted by molar-refractivity contribution is -0.110. The number of likely N-dealkylation sites (tertiary alicyclic amines) is 1. The molecule has 0 radical (unpaired) electrons. The molecule has 0 unspecified atom stereocenters. The van der Waals surface area contributed by atoms with Gasteiger partial charge in [0.05, 0.1) is 23.4 Å². The molecule has 4 heterocycles. The van der Waals surface area contributed by atoms with Gasteiger partial charge >= 0.3 is 0 Å². The van der Waals surface area contributed by atoms with Gasteiger partial charge in [-0.3, -0.25) is 10.1 Å². The van der Waals surface area contributed by atoms with Crippen LogP contribution in [0.3, 0.4) is 0 Å². The normalized spacial score (nSPS) is 20.0. The van der Waals surface area contributed by atoms with Crippen molar-refractivity contribution < 1.29 is 22.8 Å². The molecule has 41 heavy (non-hydrogen) atoms. The Morgan fingerprint density at radius 3 is 2.63 bits per heavy atom. The molecule has 218 valence electrons. The lowest BCUT2D eigenvalue weighted by Crippen LogP contribution is -2.31. The fraction of sp³-hybridized carbons (Fsp3) is 0.500. The molecule has 6 rings (SSSR count). The number of amides is 1. The summed E-state index contributed by atoms with van der Waals surface area (Å²) in [5, 5.41) is 7.10. The number of hydrogen-bond donors (Lipinski definition) is 1. The van der Waals surface area contributed by atoms with Crippen LogP contribution in [0.2, 0.25) is 0 Å². The standard InChI is InChI=1S/C28H34N6O5S2/c1-33(15-16-34-13-2-3-14-34)24-11-10-23-27(30-24)40-28(29-23)31-26(35)25(32-39-20-12-17-38-18-20)19-4-6-21(7-5-19)41(36,37)22-8-9-22/h4-7,10-11,20,22H,2-3,8-9,12-18H2,1H3,(H,29,31,35)/b32-25+/t20-/m1/s1. The monoisotopic (exact) mass is 598 g/mol. The summed E-state index contributed by atoms with van der Waals surface area (Å²) in [6.45, 7) is 5.18. The third kappa shape index (κ3) is 6.53. The van der Waals surface area contributed by atoms with Gasteiger partial charge in [-0.2, -0.15) is 0 Å². The third-order valence-electron chi connectivity index (χ3n) is 7.62. The summed E-state index contributed by atoms with van der Waals surface area (Å²) in [6, 6.07) is 10.1. The molecule has 3 fully saturated rings. The quantitative estimate of drug-likeness (QED) is 0.261. The molecule has 2 aromatic heterocycles. The molecule has 13 heteroatoms. The second kappa shape index (κ2) is 12.0. The predicted molar refractivity (Wildman–Crippen MR) is 158 cm³/mol. The number of ether oxygens (including phenoxy) is 1. The average Bonchev–Trinajstić information content (AvgIpc) is 3.32. The summed E-state index contributed by atoms with van der Waals surface area (Å²) >= 11 is 1.29. The minimum Gasteiger partial charge on any atom is -0.389 e. The first-order valence-corrected chi connectivity index (χ1v) is 16.4. The third-order valence-corrected chi connectivity index (χ3v) is 10.8. The largest absolute Gasteiger partial charge is 0.389 e. The molecule has 3 aromatic rings. The number of thiazole rings is 1. The van der Waals surface area contributed by atoms with Gasteiger partial charge in [0.25, 0.3) is 5.91 Å². The SMILES string of the molecule is CN(CCN1CCCC1)c1ccc2nc(NC(=O)/C(=N/O[C@@H]3CCOC3)c3ccc(S(=O)(=O)C4CC4)cc3)sc2n1. The summed E-state index contributed by atoms with van der Waals surface area (Å²) in [5.74, 6) is 0.345. The van der Waals surface area contributed by atoms with Crippen molar-refractivity contribution in [2.24, 2.45) is 5.16 Å². The van der Waals surface area contributed by atoms with E-state index < -0.39 is 15.7 Å². The Morgan fingerprint density at radius 1 is 1.15 bits per heavy atom. The number of anilines is 2. The molecule has 11 nitrogen and oxygen atoms in total. The van der Waals surface area contributed by atoms with E-state index in [-0.39, 0.29) is 22.0 Å². The minimum atomic E-state index is -3.34. The fourth-order valence-corrected chi connectivity index (χ4v) is 7.45. The molecule has 2 saturated heterocycles. The van der Waals surface area contributed by atoms with Gasteiger partial charge in [0, 0.05) is 32.1 Å². The Bertz CT molecular complexity index is 1530. The van der Waals surface area contributed by atoms with Crippen LogP contribution >= 0.6 is 11.3 Å². The van der Waals surface area contributed by atoms with Crippen molar-refractivity contribution >= 4 is 54.1 Å². The van der Waals surface area contributed by atoms with Crippen LogP contribution in [0.15, 0.2) is 46.4 Å². The van der Waals surface area contributed by atoms with Crippen molar-refractivity contribution in [3.63, 3.8) is 0 Å². The van der Waals surface area contributed by atoms with Crippen molar-refractivity contribution in [3.8, 4) is 0 Å². The highest BCUT2D eigenvalue weighted by atomic mass is 32.2. The lowest BCUT2D eigenvalue weighted by atomic mass is 10.1. The predicted octanol–water partition coefficient (Wildman–Crippen LogP) is 3.31. The zero-order valence-electron chi connectivity index (χ0n) is 23.0. The van der Waals surface area contributed by atoms with E-state index in [1.54, 1.807) is 12.1 Å². The molecular weight excluding hydrogens is 564 g/mol. The highest BCUT2D eigenvalue weighted by molar-refractivity contribution is 7.92. The van der Waals surface area contributed by atoms with Crippen LogP contribution in [0.5, 0.6) is 0 Å². The number of benzene rings is 1. The van der Waals surface area contributed by atoms with Gasteiger partial charge in [-0.25, -0.2) is 18.4 Å². The second-order valence-corrected chi connectivity index (χ2v) is 13.9. The summed E-state index contributed by atoms with van der Waals surface area (Å²) in [5.41, 5.74) is 1.16. The van der Waals surface area contributed by atoms with Crippen molar-refractivity contribution in [1.82, 2.24) is 14.9 Å². The smallest absolute Gasteiger partial charge is 0.280 e. The van der Waals surface area contributed by atoms with Crippen molar-refractivity contribution in [2.75, 3.05) is 56.7 Å². The maximum atomic E-state index is 13.4. The summed E-state index contributed by atoms with van der Waals surface area (Å²) in [6.07, 6.45) is 4.33. The Morgan fingerprint density at radius 2 is 1.93 bits per heavy atom. The molecule has 1 saturated carbocycles. The molecule has 2 aliphatic heterocycles. The molecule has 1 atom stereocenters. The minimum absolute atomic E-state index is 0.0295. The van der Waals surface area contributed by atoms with Gasteiger partial charge in [-0.1, -0.05) is 28.6 Å². The zero-order chi connectivity index (χ0) is 28.4. The summed E-state index contributed by atoms with van der Waals surface area (Å²) in [4.78, 5) is 34.0. The number of carbonyl (C=O) groups is 1. The number of nitrogens with zero attached hydrogens (tertiary/aromatic N) is 5. The van der Waals surface area contributed by atoms with E-state index in [1.165, 1.54) is 36.3 Å². The number of sulfone groups is 1. The summed E-state index contributed by atoms with van der Waals surface area (Å²) < 4.78 is 30.6. The van der Waals surface area contributed by atoms with Crippen molar-refractivity contribution in [3.05, 3.63) is 42.0 Å². The van der Waals surface area contributed by atoms with Crippen LogP contribution in [0, 0.1) is 0 Å². The number of hydrogen-bond acceptors (Lipinski definition) is 11. The topological polar surface area (TPSA) is 126 Å². The fourth-order valence-electron chi connectivity index (χ4n) is 4.96. The van der Waals surface area contributed by atoms with Crippen LogP contribution in [0.25, 0.3) is 10.3 Å². The van der Waals surface area contributed by atoms with Crippen molar-refractivity contribution in [1.29, 1.82) is 0 Å². The van der Waals surface area contributed by atoms with Crippen LogP contribution in [-0.4, -0.2) is 92.7 Å². The highest BCUT2D eigenvalue weighted by Crippen LogP contribution is 2.33. The number of pyridine rings is 1. The lowest BCUT2D eigenvalue weighted by Gasteiger charge is -2.22. The van der Waals surface area contributed by atoms with Gasteiger partial charge in [0.15, 0.2) is 26.8 Å². The molecular formula is C28H34N6O5S2. The van der Waals surface area contributed by atoms with Gasteiger partial charge in [0.1, 0.15) is 16.2 Å². The first-order chi connectivity index (χ1) is 19.9. The number of oxime groups is 1. The van der Waals surface area contributed by atoms with E-state index in [1.807, 2.05) is 19.2 Å². The molecule has 1 aromatic carbocycles. The Labute approximate surface area is 243 Å². The van der Waals surface area contributed by atoms with Crippen LogP contribution in [-0.2, 0) is 24.2 Å². The van der Waals surface area contributed by atoms with Gasteiger partial charge in [-0.15, -0.1) is 0 Å².